The van der Waals surface area contributed by atoms with E-state index in [1.807, 2.05) is 0 Å². The molecule has 0 saturated carbocycles. The molecule has 2 saturated heterocycles. The molecule has 0 radical (unpaired) electrons. The van der Waals surface area contributed by atoms with Gasteiger partial charge in [-0.1, -0.05) is 0 Å². The Labute approximate surface area is 87.0 Å². The third-order valence-electron chi connectivity index (χ3n) is 2.70. The van der Waals surface area contributed by atoms with E-state index in [9.17, 15) is 14.4 Å². The molecule has 1 unspecified atom stereocenters. The van der Waals surface area contributed by atoms with E-state index in [0.717, 1.165) is 6.42 Å². The predicted molar refractivity (Wildman–Crippen MR) is 50.9 cm³/mol. The maximum atomic E-state index is 11.5. The summed E-state index contributed by atoms with van der Waals surface area (Å²) in [4.78, 5) is 35.4. The summed E-state index contributed by atoms with van der Waals surface area (Å²) in [6.45, 7) is 1.24. The maximum Gasteiger partial charge on any atom is 0.318 e. The van der Waals surface area contributed by atoms with Crippen molar-refractivity contribution in [3.05, 3.63) is 0 Å². The average Bonchev–Trinajstić information content (AvgIpc) is 2.20. The van der Waals surface area contributed by atoms with Crippen LogP contribution in [-0.2, 0) is 9.59 Å². The van der Waals surface area contributed by atoms with E-state index in [-0.39, 0.29) is 17.8 Å². The maximum absolute atomic E-state index is 11.5. The lowest BCUT2D eigenvalue weighted by atomic mass is 10.0. The van der Waals surface area contributed by atoms with Crippen LogP contribution in [0.15, 0.2) is 0 Å². The molecule has 1 atom stereocenters. The Kier molecular flexibility index (Phi) is 2.57. The summed E-state index contributed by atoms with van der Waals surface area (Å²) in [6, 6.07) is -0.696. The first-order valence-corrected chi connectivity index (χ1v) is 5.06. The van der Waals surface area contributed by atoms with Gasteiger partial charge in [-0.25, -0.2) is 4.79 Å². The molecule has 6 heteroatoms. The average molecular weight is 211 g/mol. The van der Waals surface area contributed by atoms with Gasteiger partial charge in [-0.3, -0.25) is 14.9 Å². The van der Waals surface area contributed by atoms with E-state index in [0.29, 0.717) is 25.9 Å². The number of piperidine rings is 1. The number of imide groups is 1. The first-order chi connectivity index (χ1) is 7.18. The summed E-state index contributed by atoms with van der Waals surface area (Å²) < 4.78 is 0. The van der Waals surface area contributed by atoms with E-state index in [2.05, 4.69) is 10.6 Å². The minimum Gasteiger partial charge on any atom is -0.338 e. The van der Waals surface area contributed by atoms with Crippen LogP contribution in [0.25, 0.3) is 0 Å². The van der Waals surface area contributed by atoms with Crippen LogP contribution < -0.4 is 10.6 Å². The molecule has 0 aromatic rings. The molecule has 0 aromatic carbocycles. The Morgan fingerprint density at radius 2 is 2.07 bits per heavy atom. The molecule has 2 aliphatic rings. The lowest BCUT2D eigenvalue weighted by Gasteiger charge is -2.35. The highest BCUT2D eigenvalue weighted by atomic mass is 16.2. The van der Waals surface area contributed by atoms with Crippen molar-refractivity contribution in [1.29, 1.82) is 0 Å². The number of rotatable bonds is 1. The molecule has 0 aliphatic carbocycles. The van der Waals surface area contributed by atoms with Gasteiger partial charge in [0.05, 0.1) is 0 Å². The fraction of sp³-hybridized carbons (Fsp3) is 0.667. The van der Waals surface area contributed by atoms with Gasteiger partial charge in [0.2, 0.25) is 11.8 Å². The molecule has 82 valence electrons. The zero-order valence-corrected chi connectivity index (χ0v) is 8.28. The van der Waals surface area contributed by atoms with E-state index >= 15 is 0 Å². The van der Waals surface area contributed by atoms with Crippen molar-refractivity contribution in [2.24, 2.45) is 0 Å². The largest absolute Gasteiger partial charge is 0.338 e. The van der Waals surface area contributed by atoms with Crippen LogP contribution in [0.3, 0.4) is 0 Å². The van der Waals surface area contributed by atoms with Gasteiger partial charge in [0.15, 0.2) is 0 Å². The van der Waals surface area contributed by atoms with Crippen molar-refractivity contribution in [2.45, 2.75) is 25.3 Å². The highest BCUT2D eigenvalue weighted by molar-refractivity contribution is 6.01. The minimum atomic E-state index is -0.483. The standard InChI is InChI=1S/C9H13N3O3/c13-7-3-2-6(8(14)11-7)12-5-1-4-10-9(12)15/h6H,1-5H2,(H,10,15)(H,11,13,14). The third-order valence-corrected chi connectivity index (χ3v) is 2.70. The second-order valence-electron chi connectivity index (χ2n) is 3.75. The Hall–Kier alpha value is -1.59. The highest BCUT2D eigenvalue weighted by Gasteiger charge is 2.35. The van der Waals surface area contributed by atoms with Crippen molar-refractivity contribution in [1.82, 2.24) is 15.5 Å². The minimum absolute atomic E-state index is 0.212. The van der Waals surface area contributed by atoms with Gasteiger partial charge in [0.25, 0.3) is 0 Å². The van der Waals surface area contributed by atoms with E-state index in [4.69, 9.17) is 0 Å². The number of amides is 4. The number of carbonyl (C=O) groups excluding carboxylic acids is 3. The van der Waals surface area contributed by atoms with Gasteiger partial charge in [0, 0.05) is 19.5 Å². The molecule has 2 fully saturated rings. The van der Waals surface area contributed by atoms with Crippen LogP contribution in [0.1, 0.15) is 19.3 Å². The van der Waals surface area contributed by atoms with Crippen molar-refractivity contribution in [2.75, 3.05) is 13.1 Å². The summed E-state index contributed by atoms with van der Waals surface area (Å²) in [5, 5.41) is 4.93. The van der Waals surface area contributed by atoms with Gasteiger partial charge < -0.3 is 10.2 Å². The molecular formula is C9H13N3O3. The number of hydrogen-bond donors (Lipinski definition) is 2. The van der Waals surface area contributed by atoms with Gasteiger partial charge in [-0.2, -0.15) is 0 Å². The number of hydrogen-bond acceptors (Lipinski definition) is 3. The van der Waals surface area contributed by atoms with Crippen LogP contribution >= 0.6 is 0 Å². The molecule has 0 spiro atoms. The molecule has 2 heterocycles. The monoisotopic (exact) mass is 211 g/mol. The molecule has 0 bridgehead atoms. The summed E-state index contributed by atoms with van der Waals surface area (Å²) >= 11 is 0. The summed E-state index contributed by atoms with van der Waals surface area (Å²) in [7, 11) is 0. The Morgan fingerprint density at radius 3 is 2.73 bits per heavy atom. The van der Waals surface area contributed by atoms with Crippen LogP contribution in [-0.4, -0.2) is 41.9 Å². The third kappa shape index (κ3) is 1.93. The first-order valence-electron chi connectivity index (χ1n) is 5.06. The Bertz CT molecular complexity index is 316. The van der Waals surface area contributed by atoms with Crippen LogP contribution in [0.4, 0.5) is 4.79 Å². The molecule has 0 aromatic heterocycles. The topological polar surface area (TPSA) is 78.5 Å². The molecule has 4 amide bonds. The van der Waals surface area contributed by atoms with E-state index < -0.39 is 6.04 Å². The quantitative estimate of drug-likeness (QED) is 0.558. The van der Waals surface area contributed by atoms with Crippen molar-refractivity contribution < 1.29 is 14.4 Å². The molecule has 2 rings (SSSR count). The van der Waals surface area contributed by atoms with E-state index in [1.54, 1.807) is 0 Å². The lowest BCUT2D eigenvalue weighted by Crippen LogP contribution is -2.58. The molecule has 2 N–H and O–H groups in total. The number of carbonyl (C=O) groups is 3. The van der Waals surface area contributed by atoms with Gasteiger partial charge >= 0.3 is 6.03 Å². The van der Waals surface area contributed by atoms with E-state index in [1.165, 1.54) is 4.90 Å². The van der Waals surface area contributed by atoms with Gasteiger partial charge in [-0.15, -0.1) is 0 Å². The van der Waals surface area contributed by atoms with Crippen LogP contribution in [0.5, 0.6) is 0 Å². The van der Waals surface area contributed by atoms with Crippen molar-refractivity contribution in [3.8, 4) is 0 Å². The first kappa shape index (κ1) is 9.95. The number of nitrogens with one attached hydrogen (secondary N) is 2. The Balaban J connectivity index is 2.05. The zero-order chi connectivity index (χ0) is 10.8. The second-order valence-corrected chi connectivity index (χ2v) is 3.75. The second kappa shape index (κ2) is 3.88. The number of nitrogens with zero attached hydrogens (tertiary/aromatic N) is 1. The van der Waals surface area contributed by atoms with Crippen LogP contribution in [0.2, 0.25) is 0 Å². The SMILES string of the molecule is O=C1CCC(N2CCCNC2=O)C(=O)N1. The normalized spacial score (nSPS) is 27.3. The summed E-state index contributed by atoms with van der Waals surface area (Å²) in [5.41, 5.74) is 0. The fourth-order valence-electron chi connectivity index (χ4n) is 1.92. The molecule has 2 aliphatic heterocycles. The molecule has 6 nitrogen and oxygen atoms in total. The zero-order valence-electron chi connectivity index (χ0n) is 8.28. The molecule has 15 heavy (non-hydrogen) atoms. The van der Waals surface area contributed by atoms with Crippen molar-refractivity contribution in [3.63, 3.8) is 0 Å². The number of urea groups is 1. The van der Waals surface area contributed by atoms with Crippen LogP contribution in [0, 0.1) is 0 Å². The van der Waals surface area contributed by atoms with Crippen molar-refractivity contribution >= 4 is 17.8 Å². The van der Waals surface area contributed by atoms with Gasteiger partial charge in [0.1, 0.15) is 6.04 Å². The Morgan fingerprint density at radius 1 is 1.27 bits per heavy atom. The lowest BCUT2D eigenvalue weighted by molar-refractivity contribution is -0.136. The summed E-state index contributed by atoms with van der Waals surface area (Å²) in [6.07, 6.45) is 1.57. The fourth-order valence-corrected chi connectivity index (χ4v) is 1.92. The van der Waals surface area contributed by atoms with Gasteiger partial charge in [-0.05, 0) is 12.8 Å². The molecular weight excluding hydrogens is 198 g/mol. The highest BCUT2D eigenvalue weighted by Crippen LogP contribution is 2.14. The smallest absolute Gasteiger partial charge is 0.318 e. The predicted octanol–water partition coefficient (Wildman–Crippen LogP) is -0.793. The summed E-state index contributed by atoms with van der Waals surface area (Å²) in [5.74, 6) is -0.614.